The van der Waals surface area contributed by atoms with Crippen LogP contribution in [0.4, 0.5) is 11.4 Å². The van der Waals surface area contributed by atoms with Crippen molar-refractivity contribution < 1.29 is 0 Å². The Hall–Kier alpha value is -4.45. The Morgan fingerprint density at radius 3 is 2.53 bits per heavy atom. The summed E-state index contributed by atoms with van der Waals surface area (Å²) in [5.74, 6) is 0. The third kappa shape index (κ3) is 6.43. The number of anilines is 2. The molecule has 1 aliphatic carbocycles. The number of fused-ring (bicyclic) bond motifs is 2. The molecule has 2 N–H and O–H groups in total. The van der Waals surface area contributed by atoms with Gasteiger partial charge in [0.2, 0.25) is 0 Å². The van der Waals surface area contributed by atoms with E-state index in [0.717, 1.165) is 73.2 Å². The summed E-state index contributed by atoms with van der Waals surface area (Å²) in [5.41, 5.74) is 7.44. The minimum absolute atomic E-state index is 0.0930. The van der Waals surface area contributed by atoms with E-state index in [0.29, 0.717) is 22.1 Å². The lowest BCUT2D eigenvalue weighted by atomic mass is 9.87. The largest absolute Gasteiger partial charge is 0.377 e. The topological polar surface area (TPSA) is 94.7 Å². The molecule has 1 aliphatic heterocycles. The van der Waals surface area contributed by atoms with Gasteiger partial charge in [-0.1, -0.05) is 71.4 Å². The van der Waals surface area contributed by atoms with Crippen LogP contribution in [-0.4, -0.2) is 43.5 Å². The van der Waals surface area contributed by atoms with Crippen LogP contribution >= 0.6 is 11.6 Å². The molecule has 5 aromatic rings. The molecular formula is C38H41ClN8. The number of piperidine rings is 1. The van der Waals surface area contributed by atoms with E-state index >= 15 is 0 Å². The second kappa shape index (κ2) is 13.0. The van der Waals surface area contributed by atoms with Crippen molar-refractivity contribution in [2.45, 2.75) is 76.5 Å². The van der Waals surface area contributed by atoms with Crippen LogP contribution in [0.1, 0.15) is 92.5 Å². The molecule has 0 spiro atoms. The summed E-state index contributed by atoms with van der Waals surface area (Å²) in [6, 6.07) is 25.3. The van der Waals surface area contributed by atoms with Crippen LogP contribution < -0.4 is 10.6 Å². The molecule has 0 radical (unpaired) electrons. The first-order valence-electron chi connectivity index (χ1n) is 16.6. The lowest BCUT2D eigenvalue weighted by molar-refractivity contribution is 0.0866. The molecule has 0 saturated carbocycles. The smallest absolute Gasteiger partial charge is 0.109 e. The van der Waals surface area contributed by atoms with Gasteiger partial charge < -0.3 is 10.6 Å². The number of likely N-dealkylation sites (tertiary alicyclic amines) is 1. The maximum atomic E-state index is 10.1. The maximum absolute atomic E-state index is 10.1. The monoisotopic (exact) mass is 644 g/mol. The predicted octanol–water partition coefficient (Wildman–Crippen LogP) is 8.48. The van der Waals surface area contributed by atoms with Crippen LogP contribution in [-0.2, 0) is 6.42 Å². The number of hydrogen-bond acceptors (Lipinski definition) is 7. The highest BCUT2D eigenvalue weighted by Gasteiger charge is 2.29. The van der Waals surface area contributed by atoms with Crippen molar-refractivity contribution in [3.8, 4) is 6.07 Å². The molecule has 0 amide bonds. The third-order valence-corrected chi connectivity index (χ3v) is 10.1. The number of hydrogen-bond donors (Lipinski definition) is 2. The van der Waals surface area contributed by atoms with E-state index in [-0.39, 0.29) is 17.6 Å². The zero-order chi connectivity index (χ0) is 32.5. The predicted molar refractivity (Wildman–Crippen MR) is 189 cm³/mol. The summed E-state index contributed by atoms with van der Waals surface area (Å²) in [5, 5.41) is 28.3. The zero-order valence-corrected chi connectivity index (χ0v) is 28.0. The highest BCUT2D eigenvalue weighted by atomic mass is 35.5. The fourth-order valence-corrected chi connectivity index (χ4v) is 7.47. The zero-order valence-electron chi connectivity index (χ0n) is 27.2. The second-order valence-electron chi connectivity index (χ2n) is 13.8. The molecule has 9 heteroatoms. The number of rotatable bonds is 7. The van der Waals surface area contributed by atoms with E-state index in [1.165, 1.54) is 11.1 Å². The Balaban J connectivity index is 1.22. The van der Waals surface area contributed by atoms with Crippen molar-refractivity contribution in [3.63, 3.8) is 0 Å². The van der Waals surface area contributed by atoms with Crippen molar-refractivity contribution in [1.29, 1.82) is 5.26 Å². The number of nitriles is 1. The average molecular weight is 645 g/mol. The maximum Gasteiger partial charge on any atom is 0.109 e. The van der Waals surface area contributed by atoms with Crippen LogP contribution in [0.5, 0.6) is 0 Å². The molecule has 1 saturated heterocycles. The summed E-state index contributed by atoms with van der Waals surface area (Å²) in [6.07, 6.45) is 8.93. The average Bonchev–Trinajstić information content (AvgIpc) is 3.58. The number of aromatic nitrogens is 4. The minimum Gasteiger partial charge on any atom is -0.377 e. The van der Waals surface area contributed by atoms with Gasteiger partial charge in [-0.05, 0) is 81.7 Å². The van der Waals surface area contributed by atoms with Gasteiger partial charge in [-0.2, -0.15) is 5.26 Å². The molecule has 47 heavy (non-hydrogen) atoms. The Morgan fingerprint density at radius 1 is 1.00 bits per heavy atom. The second-order valence-corrected chi connectivity index (χ2v) is 14.2. The SMILES string of the molecule is CC(C)(C)N1CCC(n2cc(C(Nc3cc(Cl)c4ncc(C#N)c(N[C@H]5CCCc6ccccc65)c4c3)c3ccccc3)nn2)CC1. The molecule has 3 heterocycles. The van der Waals surface area contributed by atoms with Crippen molar-refractivity contribution in [1.82, 2.24) is 24.9 Å². The summed E-state index contributed by atoms with van der Waals surface area (Å²) >= 11 is 6.93. The normalized spacial score (nSPS) is 18.0. The van der Waals surface area contributed by atoms with Gasteiger partial charge in [0.15, 0.2) is 0 Å². The van der Waals surface area contributed by atoms with E-state index in [2.05, 4.69) is 101 Å². The van der Waals surface area contributed by atoms with Gasteiger partial charge in [0, 0.05) is 35.9 Å². The number of nitrogens with zero attached hydrogens (tertiary/aromatic N) is 6. The molecule has 240 valence electrons. The number of benzene rings is 3. The first-order chi connectivity index (χ1) is 22.8. The van der Waals surface area contributed by atoms with Crippen LogP contribution in [0.15, 0.2) is 79.1 Å². The van der Waals surface area contributed by atoms with E-state index < -0.39 is 0 Å². The fraction of sp³-hybridized carbons (Fsp3) is 0.368. The van der Waals surface area contributed by atoms with Crippen LogP contribution in [0.3, 0.4) is 0 Å². The van der Waals surface area contributed by atoms with Crippen molar-refractivity contribution in [2.24, 2.45) is 0 Å². The Bertz CT molecular complexity index is 1910. The number of aryl methyl sites for hydroxylation is 1. The third-order valence-electron chi connectivity index (χ3n) is 9.79. The van der Waals surface area contributed by atoms with Gasteiger partial charge in [0.25, 0.3) is 0 Å². The van der Waals surface area contributed by atoms with E-state index in [1.54, 1.807) is 6.20 Å². The molecule has 3 aromatic carbocycles. The molecule has 8 nitrogen and oxygen atoms in total. The Morgan fingerprint density at radius 2 is 1.77 bits per heavy atom. The minimum atomic E-state index is -0.262. The first kappa shape index (κ1) is 31.2. The summed E-state index contributed by atoms with van der Waals surface area (Å²) < 4.78 is 2.05. The highest BCUT2D eigenvalue weighted by Crippen LogP contribution is 2.39. The standard InChI is InChI=1S/C38H41ClN8/c1-38(2,3)46-18-16-29(17-19-46)47-24-34(44-45-47)36(26-11-5-4-6-12-26)42-28-20-31-35(27(22-40)23-41-37(31)32(39)21-28)43-33-15-9-13-25-10-7-8-14-30(25)33/h4-8,10-12,14,20-21,23-24,29,33,36,42H,9,13,15-19H2,1-3H3,(H,41,43)/t33-,36?/m0/s1. The lowest BCUT2D eigenvalue weighted by Crippen LogP contribution is -2.46. The molecule has 0 bridgehead atoms. The molecule has 1 fully saturated rings. The van der Waals surface area contributed by atoms with Crippen LogP contribution in [0, 0.1) is 11.3 Å². The van der Waals surface area contributed by atoms with Crippen LogP contribution in [0.2, 0.25) is 5.02 Å². The Labute approximate surface area is 281 Å². The van der Waals surface area contributed by atoms with Crippen molar-refractivity contribution in [3.05, 3.63) is 112 Å². The van der Waals surface area contributed by atoms with E-state index in [4.69, 9.17) is 16.7 Å². The number of halogens is 1. The van der Waals surface area contributed by atoms with Crippen LogP contribution in [0.25, 0.3) is 10.9 Å². The van der Waals surface area contributed by atoms with Crippen molar-refractivity contribution in [2.75, 3.05) is 23.7 Å². The van der Waals surface area contributed by atoms with Gasteiger partial charge in [0.1, 0.15) is 11.8 Å². The van der Waals surface area contributed by atoms with Gasteiger partial charge >= 0.3 is 0 Å². The summed E-state index contributed by atoms with van der Waals surface area (Å²) in [6.45, 7) is 8.92. The lowest BCUT2D eigenvalue weighted by Gasteiger charge is -2.40. The van der Waals surface area contributed by atoms with Gasteiger partial charge in [0.05, 0.1) is 46.1 Å². The fourth-order valence-electron chi connectivity index (χ4n) is 7.20. The molecular weight excluding hydrogens is 604 g/mol. The van der Waals surface area contributed by atoms with Gasteiger partial charge in [-0.3, -0.25) is 9.88 Å². The molecule has 2 atom stereocenters. The molecule has 2 aromatic heterocycles. The Kier molecular flexibility index (Phi) is 8.61. The summed E-state index contributed by atoms with van der Waals surface area (Å²) in [4.78, 5) is 7.15. The molecule has 2 aliphatic rings. The van der Waals surface area contributed by atoms with Gasteiger partial charge in [-0.15, -0.1) is 5.10 Å². The first-order valence-corrected chi connectivity index (χ1v) is 17.0. The quantitative estimate of drug-likeness (QED) is 0.183. The van der Waals surface area contributed by atoms with Crippen molar-refractivity contribution >= 4 is 33.9 Å². The summed E-state index contributed by atoms with van der Waals surface area (Å²) in [7, 11) is 0. The number of pyridine rings is 1. The molecule has 7 rings (SSSR count). The van der Waals surface area contributed by atoms with E-state index in [1.807, 2.05) is 28.9 Å². The highest BCUT2D eigenvalue weighted by molar-refractivity contribution is 6.35. The molecule has 1 unspecified atom stereocenters. The van der Waals surface area contributed by atoms with Gasteiger partial charge in [-0.25, -0.2) is 4.68 Å². The number of nitrogens with one attached hydrogen (secondary N) is 2. The van der Waals surface area contributed by atoms with E-state index in [9.17, 15) is 5.26 Å².